The molecule has 2 aliphatic heterocycles. The van der Waals surface area contributed by atoms with Crippen molar-refractivity contribution in [2.75, 3.05) is 18.1 Å². The van der Waals surface area contributed by atoms with Gasteiger partial charge in [0.05, 0.1) is 6.61 Å². The Morgan fingerprint density at radius 2 is 2.50 bits per heavy atom. The van der Waals surface area contributed by atoms with Gasteiger partial charge < -0.3 is 4.74 Å². The quantitative estimate of drug-likeness (QED) is 0.707. The van der Waals surface area contributed by atoms with Gasteiger partial charge in [0.25, 0.3) is 0 Å². The third kappa shape index (κ3) is 2.15. The van der Waals surface area contributed by atoms with Gasteiger partial charge in [-0.05, 0) is 37.2 Å². The molecule has 2 heterocycles. The molecule has 3 heteroatoms. The van der Waals surface area contributed by atoms with Gasteiger partial charge in [-0.25, -0.2) is 0 Å². The first-order valence-corrected chi connectivity index (χ1v) is 5.95. The van der Waals surface area contributed by atoms with E-state index in [9.17, 15) is 0 Å². The zero-order chi connectivity index (χ0) is 8.39. The maximum Gasteiger partial charge on any atom is 0.108 e. The Bertz CT molecular complexity index is 147. The van der Waals surface area contributed by atoms with Crippen molar-refractivity contribution in [3.8, 4) is 0 Å². The summed E-state index contributed by atoms with van der Waals surface area (Å²) in [7, 11) is 0. The molecule has 0 radical (unpaired) electrons. The maximum atomic E-state index is 5.61. The van der Waals surface area contributed by atoms with E-state index in [4.69, 9.17) is 4.74 Å². The monoisotopic (exact) mass is 187 g/mol. The van der Waals surface area contributed by atoms with E-state index < -0.39 is 0 Å². The molecule has 2 saturated heterocycles. The number of rotatable bonds is 2. The minimum atomic E-state index is 0.351. The molecule has 2 aliphatic rings. The van der Waals surface area contributed by atoms with Crippen LogP contribution in [0.3, 0.4) is 0 Å². The molecule has 2 rings (SSSR count). The molecule has 1 N–H and O–H groups in total. The van der Waals surface area contributed by atoms with Crippen molar-refractivity contribution in [2.45, 2.75) is 32.0 Å². The Labute approximate surface area is 78.4 Å². The second-order valence-electron chi connectivity index (χ2n) is 3.86. The van der Waals surface area contributed by atoms with Crippen LogP contribution >= 0.6 is 11.8 Å². The van der Waals surface area contributed by atoms with Crippen molar-refractivity contribution in [3.05, 3.63) is 0 Å². The van der Waals surface area contributed by atoms with Crippen LogP contribution in [-0.4, -0.2) is 30.4 Å². The summed E-state index contributed by atoms with van der Waals surface area (Å²) < 4.78 is 5.61. The van der Waals surface area contributed by atoms with E-state index in [0.717, 1.165) is 12.5 Å². The van der Waals surface area contributed by atoms with Crippen LogP contribution in [0.1, 0.15) is 19.8 Å². The van der Waals surface area contributed by atoms with Gasteiger partial charge in [-0.15, -0.1) is 0 Å². The number of nitrogens with one attached hydrogen (secondary N) is 1. The lowest BCUT2D eigenvalue weighted by atomic mass is 10.0. The van der Waals surface area contributed by atoms with Crippen molar-refractivity contribution >= 4 is 11.8 Å². The summed E-state index contributed by atoms with van der Waals surface area (Å²) in [6.45, 7) is 3.08. The fourth-order valence-electron chi connectivity index (χ4n) is 1.88. The number of hydrogen-bond acceptors (Lipinski definition) is 3. The first kappa shape index (κ1) is 8.85. The molecule has 0 aliphatic carbocycles. The summed E-state index contributed by atoms with van der Waals surface area (Å²) in [6.07, 6.45) is 2.96. The second-order valence-corrected chi connectivity index (χ2v) is 5.00. The van der Waals surface area contributed by atoms with E-state index in [1.165, 1.54) is 24.3 Å². The molecule has 70 valence electrons. The molecule has 2 nitrogen and oxygen atoms in total. The van der Waals surface area contributed by atoms with E-state index in [1.54, 1.807) is 0 Å². The molecule has 3 unspecified atom stereocenters. The third-order valence-electron chi connectivity index (χ3n) is 2.59. The highest BCUT2D eigenvalue weighted by molar-refractivity contribution is 7.99. The molecule has 0 saturated carbocycles. The van der Waals surface area contributed by atoms with Crippen LogP contribution in [-0.2, 0) is 4.74 Å². The van der Waals surface area contributed by atoms with Gasteiger partial charge in [0.1, 0.15) is 6.23 Å². The summed E-state index contributed by atoms with van der Waals surface area (Å²) in [5.74, 6) is 3.60. The Hall–Kier alpha value is 0.270. The summed E-state index contributed by atoms with van der Waals surface area (Å²) in [5.41, 5.74) is 0. The smallest absolute Gasteiger partial charge is 0.108 e. The molecule has 0 aromatic carbocycles. The normalized spacial score (nSPS) is 42.2. The van der Waals surface area contributed by atoms with E-state index in [2.05, 4.69) is 24.0 Å². The average molecular weight is 187 g/mol. The van der Waals surface area contributed by atoms with Crippen molar-refractivity contribution in [1.82, 2.24) is 5.32 Å². The Morgan fingerprint density at radius 3 is 3.08 bits per heavy atom. The first-order chi connectivity index (χ1) is 5.84. The van der Waals surface area contributed by atoms with Gasteiger partial charge in [0, 0.05) is 6.04 Å². The highest BCUT2D eigenvalue weighted by Gasteiger charge is 2.25. The standard InChI is InChI=1S/C9H17NOS/c1-7-5-11-9(10-7)4-8-2-3-12-6-8/h7-10H,2-6H2,1H3. The minimum Gasteiger partial charge on any atom is -0.362 e. The predicted octanol–water partition coefficient (Wildman–Crippen LogP) is 1.46. The predicted molar refractivity (Wildman–Crippen MR) is 52.4 cm³/mol. The molecule has 0 bridgehead atoms. The molecule has 0 aromatic heterocycles. The fraction of sp³-hybridized carbons (Fsp3) is 1.00. The van der Waals surface area contributed by atoms with Gasteiger partial charge in [-0.2, -0.15) is 11.8 Å². The largest absolute Gasteiger partial charge is 0.362 e. The van der Waals surface area contributed by atoms with E-state index in [-0.39, 0.29) is 0 Å². The summed E-state index contributed by atoms with van der Waals surface area (Å²) >= 11 is 2.08. The molecular formula is C9H17NOS. The van der Waals surface area contributed by atoms with Crippen molar-refractivity contribution in [1.29, 1.82) is 0 Å². The summed E-state index contributed by atoms with van der Waals surface area (Å²) in [5, 5.41) is 3.45. The van der Waals surface area contributed by atoms with Gasteiger partial charge in [-0.3, -0.25) is 5.32 Å². The zero-order valence-corrected chi connectivity index (χ0v) is 8.40. The molecule has 0 amide bonds. The van der Waals surface area contributed by atoms with Crippen LogP contribution in [0.4, 0.5) is 0 Å². The zero-order valence-electron chi connectivity index (χ0n) is 7.58. The first-order valence-electron chi connectivity index (χ1n) is 4.80. The van der Waals surface area contributed by atoms with Crippen LogP contribution in [0.5, 0.6) is 0 Å². The molecule has 3 atom stereocenters. The highest BCUT2D eigenvalue weighted by atomic mass is 32.2. The second kappa shape index (κ2) is 3.99. The lowest BCUT2D eigenvalue weighted by Crippen LogP contribution is -2.30. The summed E-state index contributed by atoms with van der Waals surface area (Å²) in [6, 6.07) is 0.559. The minimum absolute atomic E-state index is 0.351. The van der Waals surface area contributed by atoms with E-state index in [1.807, 2.05) is 0 Å². The number of thioether (sulfide) groups is 1. The van der Waals surface area contributed by atoms with Crippen LogP contribution in [0, 0.1) is 5.92 Å². The van der Waals surface area contributed by atoms with Crippen LogP contribution in [0.2, 0.25) is 0 Å². The SMILES string of the molecule is CC1COC(CC2CCSC2)N1. The Kier molecular flexibility index (Phi) is 2.94. The average Bonchev–Trinajstić information content (AvgIpc) is 2.63. The van der Waals surface area contributed by atoms with Gasteiger partial charge in [0.15, 0.2) is 0 Å². The van der Waals surface area contributed by atoms with Crippen molar-refractivity contribution < 1.29 is 4.74 Å². The van der Waals surface area contributed by atoms with Crippen molar-refractivity contribution in [3.63, 3.8) is 0 Å². The van der Waals surface area contributed by atoms with Gasteiger partial charge in [0.2, 0.25) is 0 Å². The van der Waals surface area contributed by atoms with Gasteiger partial charge in [-0.1, -0.05) is 0 Å². The molecular weight excluding hydrogens is 170 g/mol. The van der Waals surface area contributed by atoms with Crippen LogP contribution in [0.15, 0.2) is 0 Å². The molecule has 2 fully saturated rings. The third-order valence-corrected chi connectivity index (χ3v) is 3.82. The number of hydrogen-bond donors (Lipinski definition) is 1. The van der Waals surface area contributed by atoms with E-state index in [0.29, 0.717) is 12.3 Å². The topological polar surface area (TPSA) is 21.3 Å². The Balaban J connectivity index is 1.72. The fourth-order valence-corrected chi connectivity index (χ4v) is 3.18. The maximum absolute atomic E-state index is 5.61. The lowest BCUT2D eigenvalue weighted by Gasteiger charge is -2.14. The van der Waals surface area contributed by atoms with Crippen LogP contribution < -0.4 is 5.32 Å². The molecule has 12 heavy (non-hydrogen) atoms. The van der Waals surface area contributed by atoms with Crippen LogP contribution in [0.25, 0.3) is 0 Å². The number of ether oxygens (including phenoxy) is 1. The lowest BCUT2D eigenvalue weighted by molar-refractivity contribution is 0.0819. The highest BCUT2D eigenvalue weighted by Crippen LogP contribution is 2.28. The Morgan fingerprint density at radius 1 is 1.58 bits per heavy atom. The van der Waals surface area contributed by atoms with E-state index >= 15 is 0 Å². The summed E-state index contributed by atoms with van der Waals surface area (Å²) in [4.78, 5) is 0. The van der Waals surface area contributed by atoms with Crippen molar-refractivity contribution in [2.24, 2.45) is 5.92 Å². The van der Waals surface area contributed by atoms with Gasteiger partial charge >= 0.3 is 0 Å². The molecule has 0 spiro atoms. The molecule has 0 aromatic rings.